The summed E-state index contributed by atoms with van der Waals surface area (Å²) in [6, 6.07) is 7.21. The Morgan fingerprint density at radius 1 is 1.09 bits per heavy atom. The van der Waals surface area contributed by atoms with Crippen molar-refractivity contribution in [3.8, 4) is 11.5 Å². The van der Waals surface area contributed by atoms with Crippen LogP contribution in [0.15, 0.2) is 36.4 Å². The molecule has 2 fully saturated rings. The second kappa shape index (κ2) is 8.83. The third-order valence-corrected chi connectivity index (χ3v) is 6.76. The summed E-state index contributed by atoms with van der Waals surface area (Å²) in [5, 5.41) is 2.42. The number of fused-ring (bicyclic) bond motifs is 1. The molecule has 35 heavy (non-hydrogen) atoms. The van der Waals surface area contributed by atoms with Gasteiger partial charge < -0.3 is 19.7 Å². The van der Waals surface area contributed by atoms with Gasteiger partial charge in [-0.2, -0.15) is 0 Å². The number of rotatable bonds is 4. The number of carbonyl (C=O) groups is 3. The number of amides is 4. The average Bonchev–Trinajstić information content (AvgIpc) is 3.31. The summed E-state index contributed by atoms with van der Waals surface area (Å²) in [6.45, 7) is 2.38. The van der Waals surface area contributed by atoms with E-state index in [1.807, 2.05) is 18.2 Å². The van der Waals surface area contributed by atoms with Gasteiger partial charge in [0.25, 0.3) is 5.91 Å². The lowest BCUT2D eigenvalue weighted by molar-refractivity contribution is -0.139. The van der Waals surface area contributed by atoms with E-state index >= 15 is 0 Å². The van der Waals surface area contributed by atoms with Gasteiger partial charge in [0.15, 0.2) is 11.5 Å². The van der Waals surface area contributed by atoms with Crippen LogP contribution in [0.2, 0.25) is 0 Å². The highest BCUT2D eigenvalue weighted by molar-refractivity contribution is 6.09. The first-order chi connectivity index (χ1) is 16.8. The first-order valence-corrected chi connectivity index (χ1v) is 11.6. The Bertz CT molecular complexity index is 1210. The molecule has 3 aliphatic rings. The summed E-state index contributed by atoms with van der Waals surface area (Å²) in [5.41, 5.74) is -1.23. The van der Waals surface area contributed by atoms with Crippen LogP contribution in [0.3, 0.4) is 0 Å². The molecule has 2 atom stereocenters. The minimum Gasteiger partial charge on any atom is -0.490 e. The molecule has 2 saturated heterocycles. The van der Waals surface area contributed by atoms with Gasteiger partial charge in [-0.05, 0) is 55.7 Å². The molecule has 0 unspecified atom stereocenters. The molecule has 0 spiro atoms. The third-order valence-electron chi connectivity index (χ3n) is 6.76. The first-order valence-electron chi connectivity index (χ1n) is 11.6. The molecule has 0 saturated carbocycles. The minimum atomic E-state index is -1.82. The largest absolute Gasteiger partial charge is 0.490 e. The van der Waals surface area contributed by atoms with Gasteiger partial charge in [-0.25, -0.2) is 13.6 Å². The van der Waals surface area contributed by atoms with Gasteiger partial charge in [-0.1, -0.05) is 6.07 Å². The predicted molar refractivity (Wildman–Crippen MR) is 120 cm³/mol. The lowest BCUT2D eigenvalue weighted by atomic mass is 9.91. The van der Waals surface area contributed by atoms with Crippen LogP contribution in [0.4, 0.5) is 13.6 Å². The van der Waals surface area contributed by atoms with E-state index in [4.69, 9.17) is 9.47 Å². The quantitative estimate of drug-likeness (QED) is 0.672. The van der Waals surface area contributed by atoms with Gasteiger partial charge in [0.05, 0.1) is 19.3 Å². The maximum absolute atomic E-state index is 14.4. The number of hydrogen-bond donors (Lipinski definition) is 1. The van der Waals surface area contributed by atoms with Crippen molar-refractivity contribution in [1.29, 1.82) is 0 Å². The van der Waals surface area contributed by atoms with Crippen LogP contribution in [0.5, 0.6) is 11.5 Å². The zero-order chi connectivity index (χ0) is 24.7. The fraction of sp³-hybridized carbons (Fsp3) is 0.400. The monoisotopic (exact) mass is 485 g/mol. The fourth-order valence-corrected chi connectivity index (χ4v) is 4.93. The van der Waals surface area contributed by atoms with Crippen LogP contribution >= 0.6 is 0 Å². The lowest BCUT2D eigenvalue weighted by Crippen LogP contribution is -2.44. The van der Waals surface area contributed by atoms with E-state index in [1.165, 1.54) is 6.92 Å². The summed E-state index contributed by atoms with van der Waals surface area (Å²) in [6.07, 6.45) is 2.26. The summed E-state index contributed by atoms with van der Waals surface area (Å²) in [4.78, 5) is 41.4. The minimum absolute atomic E-state index is 0.243. The van der Waals surface area contributed by atoms with E-state index in [-0.39, 0.29) is 11.6 Å². The maximum atomic E-state index is 14.4. The van der Waals surface area contributed by atoms with E-state index in [0.717, 1.165) is 47.9 Å². The molecule has 184 valence electrons. The smallest absolute Gasteiger partial charge is 0.325 e. The molecular formula is C25H25F2N3O5. The molecule has 0 bridgehead atoms. The van der Waals surface area contributed by atoms with Crippen molar-refractivity contribution in [3.05, 3.63) is 59.2 Å². The Balaban J connectivity index is 1.34. The number of nitrogens with zero attached hydrogens (tertiary/aromatic N) is 2. The van der Waals surface area contributed by atoms with Gasteiger partial charge >= 0.3 is 6.03 Å². The lowest BCUT2D eigenvalue weighted by Gasteiger charge is -2.27. The van der Waals surface area contributed by atoms with Gasteiger partial charge in [0.1, 0.15) is 23.7 Å². The zero-order valence-electron chi connectivity index (χ0n) is 19.2. The highest BCUT2D eigenvalue weighted by Crippen LogP contribution is 2.38. The molecule has 4 amide bonds. The number of likely N-dealkylation sites (tertiary alicyclic amines) is 1. The van der Waals surface area contributed by atoms with Crippen molar-refractivity contribution >= 4 is 17.8 Å². The molecular weight excluding hydrogens is 460 g/mol. The predicted octanol–water partition coefficient (Wildman–Crippen LogP) is 3.26. The highest BCUT2D eigenvalue weighted by atomic mass is 19.1. The summed E-state index contributed by atoms with van der Waals surface area (Å²) < 4.78 is 39.6. The topological polar surface area (TPSA) is 88.2 Å². The molecule has 0 radical (unpaired) electrons. The van der Waals surface area contributed by atoms with Crippen LogP contribution in [0.25, 0.3) is 0 Å². The van der Waals surface area contributed by atoms with Gasteiger partial charge in [0.2, 0.25) is 5.91 Å². The molecule has 0 aromatic heterocycles. The van der Waals surface area contributed by atoms with Gasteiger partial charge in [0, 0.05) is 18.5 Å². The normalized spacial score (nSPS) is 23.9. The van der Waals surface area contributed by atoms with E-state index in [1.54, 1.807) is 4.90 Å². The Hall–Kier alpha value is -3.69. The molecule has 0 aliphatic carbocycles. The van der Waals surface area contributed by atoms with Crippen LogP contribution in [-0.2, 0) is 15.1 Å². The Kier molecular flexibility index (Phi) is 5.82. The number of ether oxygens (including phenoxy) is 2. The standard InChI is InChI=1S/C25H25F2N3O5/c1-25(17-13-16(26)6-7-18(17)27)23(32)30(24(33)28-25)14-22(31)29-9-2-4-19(29)15-5-8-20-21(12-15)35-11-3-10-34-20/h5-8,12-13,19H,2-4,9-11,14H2,1H3,(H,28,33)/t19-,25-/m1/s1. The molecule has 1 N–H and O–H groups in total. The molecule has 8 nitrogen and oxygen atoms in total. The number of imide groups is 1. The molecule has 2 aromatic carbocycles. The number of hydrogen-bond acceptors (Lipinski definition) is 5. The van der Waals surface area contributed by atoms with E-state index < -0.39 is 41.6 Å². The van der Waals surface area contributed by atoms with E-state index in [2.05, 4.69) is 5.32 Å². The van der Waals surface area contributed by atoms with Crippen molar-refractivity contribution in [2.24, 2.45) is 0 Å². The van der Waals surface area contributed by atoms with E-state index in [9.17, 15) is 23.2 Å². The van der Waals surface area contributed by atoms with Crippen LogP contribution < -0.4 is 14.8 Å². The van der Waals surface area contributed by atoms with Gasteiger partial charge in [-0.3, -0.25) is 14.5 Å². The van der Waals surface area contributed by atoms with E-state index in [0.29, 0.717) is 31.3 Å². The number of urea groups is 1. The molecule has 3 aliphatic heterocycles. The second-order valence-electron chi connectivity index (χ2n) is 9.07. The number of halogens is 2. The van der Waals surface area contributed by atoms with Crippen LogP contribution in [-0.4, -0.2) is 53.9 Å². The van der Waals surface area contributed by atoms with Crippen molar-refractivity contribution in [2.45, 2.75) is 37.8 Å². The molecule has 5 rings (SSSR count). The molecule has 2 aromatic rings. The molecule has 10 heteroatoms. The third kappa shape index (κ3) is 4.06. The Labute approximate surface area is 200 Å². The van der Waals surface area contributed by atoms with Crippen molar-refractivity contribution in [1.82, 2.24) is 15.1 Å². The van der Waals surface area contributed by atoms with Crippen molar-refractivity contribution < 1.29 is 32.6 Å². The van der Waals surface area contributed by atoms with Crippen molar-refractivity contribution in [3.63, 3.8) is 0 Å². The summed E-state index contributed by atoms with van der Waals surface area (Å²) in [5.74, 6) is -1.51. The first kappa shape index (κ1) is 23.1. The second-order valence-corrected chi connectivity index (χ2v) is 9.07. The number of nitrogens with one attached hydrogen (secondary N) is 1. The Morgan fingerprint density at radius 2 is 1.86 bits per heavy atom. The Morgan fingerprint density at radius 3 is 2.66 bits per heavy atom. The van der Waals surface area contributed by atoms with Crippen LogP contribution in [0, 0.1) is 11.6 Å². The zero-order valence-corrected chi connectivity index (χ0v) is 19.2. The highest BCUT2D eigenvalue weighted by Gasteiger charge is 2.51. The average molecular weight is 485 g/mol. The number of carbonyl (C=O) groups excluding carboxylic acids is 3. The SMILES string of the molecule is C[C@]1(c2cc(F)ccc2F)NC(=O)N(CC(=O)N2CCC[C@@H]2c2ccc3c(c2)OCCCO3)C1=O. The summed E-state index contributed by atoms with van der Waals surface area (Å²) >= 11 is 0. The molecule has 3 heterocycles. The summed E-state index contributed by atoms with van der Waals surface area (Å²) in [7, 11) is 0. The van der Waals surface area contributed by atoms with Gasteiger partial charge in [-0.15, -0.1) is 0 Å². The fourth-order valence-electron chi connectivity index (χ4n) is 4.93. The number of benzene rings is 2. The van der Waals surface area contributed by atoms with Crippen molar-refractivity contribution in [2.75, 3.05) is 26.3 Å². The van der Waals surface area contributed by atoms with Crippen LogP contribution in [0.1, 0.15) is 43.4 Å². The maximum Gasteiger partial charge on any atom is 0.325 e.